The van der Waals surface area contributed by atoms with Gasteiger partial charge in [0, 0.05) is 26.2 Å². The van der Waals surface area contributed by atoms with E-state index in [0.717, 1.165) is 18.9 Å². The third-order valence-corrected chi connectivity index (χ3v) is 2.56. The molecule has 5 nitrogen and oxygen atoms in total. The average Bonchev–Trinajstić information content (AvgIpc) is 2.82. The number of aromatic nitrogens is 2. The fourth-order valence-corrected chi connectivity index (χ4v) is 1.69. The first kappa shape index (κ1) is 9.71. The summed E-state index contributed by atoms with van der Waals surface area (Å²) in [6.45, 7) is 2.10. The number of anilines is 2. The van der Waals surface area contributed by atoms with Crippen molar-refractivity contribution < 1.29 is 0 Å². The lowest BCUT2D eigenvalue weighted by atomic mass is 10.4. The van der Waals surface area contributed by atoms with Gasteiger partial charge in [0.2, 0.25) is 0 Å². The van der Waals surface area contributed by atoms with E-state index in [1.54, 1.807) is 7.05 Å². The smallest absolute Gasteiger partial charge is 0.185 e. The van der Waals surface area contributed by atoms with Crippen molar-refractivity contribution >= 4 is 11.6 Å². The van der Waals surface area contributed by atoms with Crippen LogP contribution in [0.4, 0.5) is 11.6 Å². The summed E-state index contributed by atoms with van der Waals surface area (Å²) in [4.78, 5) is 11.9. The maximum atomic E-state index is 8.75. The maximum absolute atomic E-state index is 8.75. The van der Waals surface area contributed by atoms with Gasteiger partial charge in [-0.1, -0.05) is 0 Å². The van der Waals surface area contributed by atoms with Gasteiger partial charge in [-0.25, -0.2) is 9.97 Å². The molecule has 0 N–H and O–H groups in total. The van der Waals surface area contributed by atoms with Gasteiger partial charge >= 0.3 is 0 Å². The van der Waals surface area contributed by atoms with Gasteiger partial charge in [0.1, 0.15) is 18.0 Å². The van der Waals surface area contributed by atoms with Crippen LogP contribution in [-0.2, 0) is 0 Å². The molecule has 0 amide bonds. The Morgan fingerprint density at radius 3 is 2.80 bits per heavy atom. The number of rotatable bonds is 2. The molecule has 0 spiro atoms. The molecule has 0 aromatic carbocycles. The van der Waals surface area contributed by atoms with E-state index in [0.29, 0.717) is 5.82 Å². The van der Waals surface area contributed by atoms with Gasteiger partial charge in [0.25, 0.3) is 0 Å². The van der Waals surface area contributed by atoms with Gasteiger partial charge in [-0.15, -0.1) is 0 Å². The first-order chi connectivity index (χ1) is 7.31. The zero-order valence-electron chi connectivity index (χ0n) is 8.72. The minimum Gasteiger partial charge on any atom is -0.356 e. The molecule has 2 rings (SSSR count). The predicted octanol–water partition coefficient (Wildman–Crippen LogP) is 0.994. The van der Waals surface area contributed by atoms with Crippen LogP contribution >= 0.6 is 0 Å². The molecule has 15 heavy (non-hydrogen) atoms. The third-order valence-electron chi connectivity index (χ3n) is 2.56. The van der Waals surface area contributed by atoms with Crippen LogP contribution < -0.4 is 9.80 Å². The molecule has 1 aromatic rings. The van der Waals surface area contributed by atoms with Crippen LogP contribution in [0.25, 0.3) is 0 Å². The van der Waals surface area contributed by atoms with Gasteiger partial charge < -0.3 is 4.90 Å². The van der Waals surface area contributed by atoms with Crippen LogP contribution in [-0.4, -0.2) is 30.1 Å². The Hall–Kier alpha value is -1.83. The number of hydrogen-bond acceptors (Lipinski definition) is 5. The van der Waals surface area contributed by atoms with Crippen LogP contribution in [0.5, 0.6) is 0 Å². The monoisotopic (exact) mass is 203 g/mol. The van der Waals surface area contributed by atoms with E-state index in [1.165, 1.54) is 24.1 Å². The van der Waals surface area contributed by atoms with Crippen molar-refractivity contribution in [2.75, 3.05) is 29.9 Å². The molecule has 0 atom stereocenters. The largest absolute Gasteiger partial charge is 0.356 e. The van der Waals surface area contributed by atoms with Crippen molar-refractivity contribution in [3.63, 3.8) is 0 Å². The van der Waals surface area contributed by atoms with Crippen molar-refractivity contribution in [3.05, 3.63) is 12.4 Å². The Morgan fingerprint density at radius 1 is 1.40 bits per heavy atom. The Bertz CT molecular complexity index is 378. The standard InChI is InChI=1S/C10H13N5/c1-14(7-11)9-6-10(13-8-12-9)15-4-2-3-5-15/h6,8H,2-5H2,1H3. The van der Waals surface area contributed by atoms with E-state index in [-0.39, 0.29) is 0 Å². The molecule has 78 valence electrons. The molecule has 0 saturated carbocycles. The van der Waals surface area contributed by atoms with Gasteiger partial charge in [-0.05, 0) is 12.8 Å². The van der Waals surface area contributed by atoms with Crippen molar-refractivity contribution in [2.24, 2.45) is 0 Å². The molecule has 1 aliphatic rings. The van der Waals surface area contributed by atoms with Crippen molar-refractivity contribution in [2.45, 2.75) is 12.8 Å². The highest BCUT2D eigenvalue weighted by atomic mass is 15.2. The van der Waals surface area contributed by atoms with Crippen LogP contribution in [0.2, 0.25) is 0 Å². The number of hydrogen-bond donors (Lipinski definition) is 0. The highest BCUT2D eigenvalue weighted by Gasteiger charge is 2.14. The molecule has 0 unspecified atom stereocenters. The SMILES string of the molecule is CN(C#N)c1cc(N2CCCC2)ncn1. The van der Waals surface area contributed by atoms with E-state index < -0.39 is 0 Å². The van der Waals surface area contributed by atoms with Gasteiger partial charge in [-0.2, -0.15) is 5.26 Å². The summed E-state index contributed by atoms with van der Waals surface area (Å²) in [5.41, 5.74) is 0. The summed E-state index contributed by atoms with van der Waals surface area (Å²) < 4.78 is 0. The van der Waals surface area contributed by atoms with E-state index in [9.17, 15) is 0 Å². The molecular formula is C10H13N5. The first-order valence-electron chi connectivity index (χ1n) is 5.02. The number of nitrogens with zero attached hydrogens (tertiary/aromatic N) is 5. The molecule has 0 aliphatic carbocycles. The molecule has 1 fully saturated rings. The fraction of sp³-hybridized carbons (Fsp3) is 0.500. The Morgan fingerprint density at radius 2 is 2.13 bits per heavy atom. The third kappa shape index (κ3) is 1.99. The quantitative estimate of drug-likeness (QED) is 0.530. The maximum Gasteiger partial charge on any atom is 0.185 e. The minimum absolute atomic E-state index is 0.648. The van der Waals surface area contributed by atoms with Crippen molar-refractivity contribution in [1.29, 1.82) is 5.26 Å². The van der Waals surface area contributed by atoms with Crippen LogP contribution in [0.15, 0.2) is 12.4 Å². The zero-order chi connectivity index (χ0) is 10.7. The Balaban J connectivity index is 2.22. The van der Waals surface area contributed by atoms with Crippen LogP contribution in [0.1, 0.15) is 12.8 Å². The predicted molar refractivity (Wildman–Crippen MR) is 57.5 cm³/mol. The Labute approximate surface area is 89.0 Å². The van der Waals surface area contributed by atoms with Crippen LogP contribution in [0.3, 0.4) is 0 Å². The second-order valence-electron chi connectivity index (χ2n) is 3.59. The lowest BCUT2D eigenvalue weighted by Crippen LogP contribution is -2.20. The summed E-state index contributed by atoms with van der Waals surface area (Å²) in [6, 6.07) is 1.86. The first-order valence-corrected chi connectivity index (χ1v) is 5.02. The van der Waals surface area contributed by atoms with E-state index >= 15 is 0 Å². The molecule has 1 saturated heterocycles. The van der Waals surface area contributed by atoms with Crippen molar-refractivity contribution in [3.8, 4) is 6.19 Å². The average molecular weight is 203 g/mol. The molecule has 5 heteroatoms. The van der Waals surface area contributed by atoms with E-state index in [1.807, 2.05) is 12.3 Å². The normalized spacial score (nSPS) is 15.1. The summed E-state index contributed by atoms with van der Waals surface area (Å²) >= 11 is 0. The van der Waals surface area contributed by atoms with Crippen LogP contribution in [0, 0.1) is 11.5 Å². The van der Waals surface area contributed by atoms with Crippen molar-refractivity contribution in [1.82, 2.24) is 9.97 Å². The van der Waals surface area contributed by atoms with Gasteiger partial charge in [0.05, 0.1) is 0 Å². The zero-order valence-corrected chi connectivity index (χ0v) is 8.72. The van der Waals surface area contributed by atoms with E-state index in [4.69, 9.17) is 5.26 Å². The summed E-state index contributed by atoms with van der Waals surface area (Å²) in [5.74, 6) is 1.56. The molecule has 2 heterocycles. The fourth-order valence-electron chi connectivity index (χ4n) is 1.69. The molecule has 0 radical (unpaired) electrons. The molecular weight excluding hydrogens is 190 g/mol. The lowest BCUT2D eigenvalue weighted by molar-refractivity contribution is 0.923. The lowest BCUT2D eigenvalue weighted by Gasteiger charge is -2.17. The van der Waals surface area contributed by atoms with E-state index in [2.05, 4.69) is 14.9 Å². The molecule has 0 bridgehead atoms. The summed E-state index contributed by atoms with van der Waals surface area (Å²) in [5, 5.41) is 8.75. The van der Waals surface area contributed by atoms with Gasteiger partial charge in [0.15, 0.2) is 6.19 Å². The summed E-state index contributed by atoms with van der Waals surface area (Å²) in [6.07, 6.45) is 5.97. The van der Waals surface area contributed by atoms with Gasteiger partial charge in [-0.3, -0.25) is 4.90 Å². The Kier molecular flexibility index (Phi) is 2.68. The molecule has 1 aromatic heterocycles. The topological polar surface area (TPSA) is 56.1 Å². The second-order valence-corrected chi connectivity index (χ2v) is 3.59. The second kappa shape index (κ2) is 4.13. The highest BCUT2D eigenvalue weighted by molar-refractivity contribution is 5.52. The summed E-state index contributed by atoms with van der Waals surface area (Å²) in [7, 11) is 1.69. The minimum atomic E-state index is 0.648. The highest BCUT2D eigenvalue weighted by Crippen LogP contribution is 2.20. The number of nitriles is 1. The molecule has 1 aliphatic heterocycles.